The molecule has 2 aromatic rings. The second-order valence-corrected chi connectivity index (χ2v) is 7.33. The molecule has 0 N–H and O–H groups in total. The summed E-state index contributed by atoms with van der Waals surface area (Å²) in [5.74, 6) is 1.17. The summed E-state index contributed by atoms with van der Waals surface area (Å²) in [6.07, 6.45) is 7.84. The van der Waals surface area contributed by atoms with Gasteiger partial charge in [0, 0.05) is 42.8 Å². The highest BCUT2D eigenvalue weighted by Crippen LogP contribution is 2.36. The second-order valence-electron chi connectivity index (χ2n) is 7.33. The van der Waals surface area contributed by atoms with Crippen LogP contribution in [0, 0.1) is 13.8 Å². The van der Waals surface area contributed by atoms with Gasteiger partial charge >= 0.3 is 0 Å². The molecule has 4 heterocycles. The highest BCUT2D eigenvalue weighted by molar-refractivity contribution is 5.94. The van der Waals surface area contributed by atoms with Crippen LogP contribution in [-0.4, -0.2) is 36.1 Å². The Bertz CT molecular complexity index is 728. The summed E-state index contributed by atoms with van der Waals surface area (Å²) >= 11 is 0. The quantitative estimate of drug-likeness (QED) is 0.827. The van der Waals surface area contributed by atoms with Gasteiger partial charge in [-0.05, 0) is 64.5 Å². The van der Waals surface area contributed by atoms with E-state index in [0.717, 1.165) is 37.5 Å². The standard InChI is InChI=1S/C20H28N4/c1-15-9-10-17-18(23-11-5-3-6-12-23)16(2)20(22-19(17)21-15)24-13-7-4-8-14-24/h9-10H,3-8,11-14H2,1-2H3. The Balaban J connectivity index is 1.87. The van der Waals surface area contributed by atoms with Crippen LogP contribution in [0.1, 0.15) is 49.8 Å². The van der Waals surface area contributed by atoms with Crippen molar-refractivity contribution in [3.63, 3.8) is 0 Å². The third-order valence-corrected chi connectivity index (χ3v) is 5.50. The van der Waals surface area contributed by atoms with Gasteiger partial charge in [0.15, 0.2) is 5.65 Å². The van der Waals surface area contributed by atoms with E-state index < -0.39 is 0 Å². The lowest BCUT2D eigenvalue weighted by Crippen LogP contribution is -2.33. The lowest BCUT2D eigenvalue weighted by Gasteiger charge is -2.34. The summed E-state index contributed by atoms with van der Waals surface area (Å²) in [6, 6.07) is 4.35. The number of hydrogen-bond donors (Lipinski definition) is 0. The third kappa shape index (κ3) is 2.83. The second kappa shape index (κ2) is 6.58. The molecule has 0 saturated carbocycles. The van der Waals surface area contributed by atoms with E-state index in [1.165, 1.54) is 61.0 Å². The molecule has 0 amide bonds. The van der Waals surface area contributed by atoms with E-state index in [2.05, 4.69) is 35.8 Å². The van der Waals surface area contributed by atoms with Gasteiger partial charge in [-0.15, -0.1) is 0 Å². The van der Waals surface area contributed by atoms with Gasteiger partial charge < -0.3 is 9.80 Å². The fourth-order valence-electron chi connectivity index (χ4n) is 4.24. The maximum atomic E-state index is 5.00. The third-order valence-electron chi connectivity index (χ3n) is 5.50. The number of pyridine rings is 2. The van der Waals surface area contributed by atoms with Crippen LogP contribution in [0.25, 0.3) is 11.0 Å². The Morgan fingerprint density at radius 1 is 0.750 bits per heavy atom. The van der Waals surface area contributed by atoms with Crippen LogP contribution in [-0.2, 0) is 0 Å². The minimum absolute atomic E-state index is 0.918. The number of aryl methyl sites for hydroxylation is 1. The smallest absolute Gasteiger partial charge is 0.163 e. The van der Waals surface area contributed by atoms with Crippen LogP contribution in [0.5, 0.6) is 0 Å². The molecular formula is C20H28N4. The highest BCUT2D eigenvalue weighted by Gasteiger charge is 2.23. The predicted octanol–water partition coefficient (Wildman–Crippen LogP) is 4.23. The molecule has 4 nitrogen and oxygen atoms in total. The molecule has 4 heteroatoms. The molecule has 2 aromatic heterocycles. The van der Waals surface area contributed by atoms with Crippen molar-refractivity contribution in [1.29, 1.82) is 0 Å². The Kier molecular flexibility index (Phi) is 4.30. The first-order valence-electron chi connectivity index (χ1n) is 9.52. The first-order chi connectivity index (χ1) is 11.7. The van der Waals surface area contributed by atoms with Gasteiger partial charge in [0.25, 0.3) is 0 Å². The molecule has 2 aliphatic rings. The number of hydrogen-bond acceptors (Lipinski definition) is 4. The summed E-state index contributed by atoms with van der Waals surface area (Å²) in [5.41, 5.74) is 4.69. The van der Waals surface area contributed by atoms with E-state index in [4.69, 9.17) is 9.97 Å². The number of fused-ring (bicyclic) bond motifs is 1. The molecule has 2 fully saturated rings. The Hall–Kier alpha value is -1.84. The van der Waals surface area contributed by atoms with Crippen molar-refractivity contribution in [3.05, 3.63) is 23.4 Å². The van der Waals surface area contributed by atoms with E-state index in [1.807, 2.05) is 0 Å². The van der Waals surface area contributed by atoms with Gasteiger partial charge in [0.05, 0.1) is 5.69 Å². The number of piperidine rings is 2. The van der Waals surface area contributed by atoms with Gasteiger partial charge in [0.1, 0.15) is 5.82 Å². The van der Waals surface area contributed by atoms with Crippen LogP contribution in [0.3, 0.4) is 0 Å². The van der Waals surface area contributed by atoms with E-state index in [1.54, 1.807) is 0 Å². The van der Waals surface area contributed by atoms with Crippen molar-refractivity contribution in [3.8, 4) is 0 Å². The molecule has 0 bridgehead atoms. The summed E-state index contributed by atoms with van der Waals surface area (Å²) in [5, 5.41) is 1.22. The molecule has 128 valence electrons. The Morgan fingerprint density at radius 2 is 1.38 bits per heavy atom. The number of nitrogens with zero attached hydrogens (tertiary/aromatic N) is 4. The van der Waals surface area contributed by atoms with E-state index >= 15 is 0 Å². The highest BCUT2D eigenvalue weighted by atomic mass is 15.2. The van der Waals surface area contributed by atoms with Crippen molar-refractivity contribution in [2.24, 2.45) is 0 Å². The molecule has 0 atom stereocenters. The van der Waals surface area contributed by atoms with Gasteiger partial charge in [-0.2, -0.15) is 0 Å². The fraction of sp³-hybridized carbons (Fsp3) is 0.600. The number of rotatable bonds is 2. The summed E-state index contributed by atoms with van der Waals surface area (Å²) in [4.78, 5) is 14.8. The summed E-state index contributed by atoms with van der Waals surface area (Å²) in [7, 11) is 0. The Morgan fingerprint density at radius 3 is 2.04 bits per heavy atom. The van der Waals surface area contributed by atoms with Crippen molar-refractivity contribution < 1.29 is 0 Å². The topological polar surface area (TPSA) is 32.3 Å². The van der Waals surface area contributed by atoms with Gasteiger partial charge in [-0.3, -0.25) is 0 Å². The van der Waals surface area contributed by atoms with Gasteiger partial charge in [0.2, 0.25) is 0 Å². The molecule has 2 saturated heterocycles. The van der Waals surface area contributed by atoms with Crippen molar-refractivity contribution in [2.75, 3.05) is 36.0 Å². The first kappa shape index (κ1) is 15.7. The maximum absolute atomic E-state index is 5.00. The van der Waals surface area contributed by atoms with Crippen LogP contribution in [0.4, 0.5) is 11.5 Å². The fourth-order valence-corrected chi connectivity index (χ4v) is 4.24. The Labute approximate surface area is 144 Å². The number of anilines is 2. The van der Waals surface area contributed by atoms with Crippen LogP contribution in [0.15, 0.2) is 12.1 Å². The van der Waals surface area contributed by atoms with Crippen LogP contribution >= 0.6 is 0 Å². The van der Waals surface area contributed by atoms with Crippen molar-refractivity contribution in [1.82, 2.24) is 9.97 Å². The largest absolute Gasteiger partial charge is 0.371 e. The number of aromatic nitrogens is 2. The zero-order valence-corrected chi connectivity index (χ0v) is 15.0. The van der Waals surface area contributed by atoms with Gasteiger partial charge in [-0.25, -0.2) is 9.97 Å². The zero-order valence-electron chi connectivity index (χ0n) is 15.0. The monoisotopic (exact) mass is 324 g/mol. The van der Waals surface area contributed by atoms with Gasteiger partial charge in [-0.1, -0.05) is 0 Å². The molecule has 0 spiro atoms. The maximum Gasteiger partial charge on any atom is 0.163 e. The molecule has 0 aliphatic carbocycles. The molecular weight excluding hydrogens is 296 g/mol. The van der Waals surface area contributed by atoms with Crippen LogP contribution < -0.4 is 9.80 Å². The molecule has 24 heavy (non-hydrogen) atoms. The van der Waals surface area contributed by atoms with E-state index in [0.29, 0.717) is 0 Å². The SMILES string of the molecule is Cc1ccc2c(N3CCCCC3)c(C)c(N3CCCCC3)nc2n1. The summed E-state index contributed by atoms with van der Waals surface area (Å²) in [6.45, 7) is 8.90. The molecule has 2 aliphatic heterocycles. The van der Waals surface area contributed by atoms with E-state index in [9.17, 15) is 0 Å². The average Bonchev–Trinajstić information content (AvgIpc) is 2.63. The first-order valence-corrected chi connectivity index (χ1v) is 9.52. The average molecular weight is 324 g/mol. The lowest BCUT2D eigenvalue weighted by atomic mass is 10.0. The molecule has 0 unspecified atom stereocenters. The molecule has 0 radical (unpaired) electrons. The predicted molar refractivity (Wildman–Crippen MR) is 101 cm³/mol. The molecule has 4 rings (SSSR count). The van der Waals surface area contributed by atoms with Crippen LogP contribution in [0.2, 0.25) is 0 Å². The van der Waals surface area contributed by atoms with Crippen molar-refractivity contribution in [2.45, 2.75) is 52.4 Å². The van der Waals surface area contributed by atoms with E-state index in [-0.39, 0.29) is 0 Å². The zero-order chi connectivity index (χ0) is 16.5. The molecule has 0 aromatic carbocycles. The summed E-state index contributed by atoms with van der Waals surface area (Å²) < 4.78 is 0. The minimum atomic E-state index is 0.918. The lowest BCUT2D eigenvalue weighted by molar-refractivity contribution is 0.569. The minimum Gasteiger partial charge on any atom is -0.371 e. The van der Waals surface area contributed by atoms with Crippen molar-refractivity contribution >= 4 is 22.5 Å². The normalized spacial score (nSPS) is 19.1.